The molecule has 0 aromatic carbocycles. The summed E-state index contributed by atoms with van der Waals surface area (Å²) in [7, 11) is 0. The minimum Gasteiger partial charge on any atom is -0.0863 e. The van der Waals surface area contributed by atoms with Crippen LogP contribution in [0, 0.1) is 0 Å². The van der Waals surface area contributed by atoms with Crippen molar-refractivity contribution in [3.05, 3.63) is 0 Å². The van der Waals surface area contributed by atoms with Crippen molar-refractivity contribution in [3.8, 4) is 0 Å². The third-order valence-corrected chi connectivity index (χ3v) is 1.52. The number of rotatable bonds is 3. The van der Waals surface area contributed by atoms with Crippen LogP contribution < -0.4 is 0 Å². The van der Waals surface area contributed by atoms with Crippen molar-refractivity contribution in [2.45, 2.75) is 60.0 Å². The molecule has 0 rings (SSSR count). The molecule has 0 aromatic rings. The van der Waals surface area contributed by atoms with Crippen LogP contribution in [0.5, 0.6) is 0 Å². The second-order valence-corrected chi connectivity index (χ2v) is 3.16. The summed E-state index contributed by atoms with van der Waals surface area (Å²) in [6.45, 7) is 12.0. The van der Waals surface area contributed by atoms with E-state index < -0.39 is 0 Å². The summed E-state index contributed by atoms with van der Waals surface area (Å²) < 4.78 is 0. The summed E-state index contributed by atoms with van der Waals surface area (Å²) in [6, 6.07) is 0. The molecule has 0 radical (unpaired) electrons. The molecule has 0 aromatic heterocycles. The highest BCUT2D eigenvalue weighted by atomic mass is 13.7. The van der Waals surface area contributed by atoms with Crippen LogP contribution in [0.4, 0.5) is 0 Å². The summed E-state index contributed by atoms with van der Waals surface area (Å²) in [4.78, 5) is 0. The highest BCUT2D eigenvalue weighted by molar-refractivity contribution is 6.55. The molecule has 0 saturated carbocycles. The predicted octanol–water partition coefficient (Wildman–Crippen LogP) is 3.96. The predicted molar refractivity (Wildman–Crippen MR) is 53.2 cm³/mol. The molecular formula is C9H23B. The lowest BCUT2D eigenvalue weighted by molar-refractivity contribution is 0.772. The molecule has 0 aliphatic rings. The van der Waals surface area contributed by atoms with Gasteiger partial charge in [0.15, 0.2) is 0 Å². The lowest BCUT2D eigenvalue weighted by Gasteiger charge is -1.84. The van der Waals surface area contributed by atoms with E-state index in [0.717, 1.165) is 6.71 Å². The Labute approximate surface area is 67.5 Å². The third-order valence-electron chi connectivity index (χ3n) is 1.52. The third kappa shape index (κ3) is 24.4. The molecule has 0 amide bonds. The Morgan fingerprint density at radius 2 is 1.20 bits per heavy atom. The van der Waals surface area contributed by atoms with Crippen LogP contribution in [-0.4, -0.2) is 6.71 Å². The van der Waals surface area contributed by atoms with Crippen LogP contribution in [0.3, 0.4) is 0 Å². The minimum absolute atomic E-state index is 0.884. The average Bonchev–Trinajstić information content (AvgIpc) is 1.91. The summed E-state index contributed by atoms with van der Waals surface area (Å²) >= 11 is 0. The van der Waals surface area contributed by atoms with Gasteiger partial charge in [-0.15, -0.1) is 0 Å². The second-order valence-electron chi connectivity index (χ2n) is 3.16. The molecule has 0 nitrogen and oxygen atoms in total. The van der Waals surface area contributed by atoms with Crippen molar-refractivity contribution < 1.29 is 0 Å². The maximum absolute atomic E-state index is 2.22. The first-order chi connectivity index (χ1) is 4.68. The summed E-state index contributed by atoms with van der Waals surface area (Å²) in [5, 5.41) is 0. The Morgan fingerprint density at radius 1 is 0.900 bits per heavy atom. The standard InChI is InChI=1S/C5H12.C4H11B/c1-3-5-4-2;1-4-5(2)3/h3-5H2,1-2H3;4H2,1-3H3. The Hall–Kier alpha value is 0.0649. The zero-order valence-corrected chi connectivity index (χ0v) is 8.41. The maximum atomic E-state index is 2.22. The van der Waals surface area contributed by atoms with E-state index in [2.05, 4.69) is 34.4 Å². The molecule has 0 heterocycles. The van der Waals surface area contributed by atoms with Gasteiger partial charge in [-0.05, 0) is 0 Å². The van der Waals surface area contributed by atoms with Gasteiger partial charge < -0.3 is 0 Å². The highest BCUT2D eigenvalue weighted by Gasteiger charge is 1.86. The first kappa shape index (κ1) is 12.7. The zero-order valence-electron chi connectivity index (χ0n) is 8.41. The molecule has 0 bridgehead atoms. The maximum Gasteiger partial charge on any atom is 0.133 e. The Balaban J connectivity index is 0. The average molecular weight is 142 g/mol. The molecule has 0 aliphatic carbocycles. The van der Waals surface area contributed by atoms with Gasteiger partial charge in [0.25, 0.3) is 0 Å². The van der Waals surface area contributed by atoms with E-state index in [-0.39, 0.29) is 0 Å². The first-order valence-corrected chi connectivity index (χ1v) is 4.68. The highest BCUT2D eigenvalue weighted by Crippen LogP contribution is 1.88. The molecule has 10 heavy (non-hydrogen) atoms. The van der Waals surface area contributed by atoms with Crippen LogP contribution in [0.25, 0.3) is 0 Å². The van der Waals surface area contributed by atoms with Gasteiger partial charge in [-0.1, -0.05) is 60.0 Å². The quantitative estimate of drug-likeness (QED) is 0.523. The van der Waals surface area contributed by atoms with E-state index in [1.807, 2.05) is 0 Å². The second kappa shape index (κ2) is 11.8. The first-order valence-electron chi connectivity index (χ1n) is 4.68. The monoisotopic (exact) mass is 142 g/mol. The van der Waals surface area contributed by atoms with Crippen molar-refractivity contribution in [2.75, 3.05) is 0 Å². The van der Waals surface area contributed by atoms with Gasteiger partial charge in [-0.2, -0.15) is 0 Å². The Bertz CT molecular complexity index is 40.0. The molecular weight excluding hydrogens is 119 g/mol. The van der Waals surface area contributed by atoms with Gasteiger partial charge in [0, 0.05) is 0 Å². The van der Waals surface area contributed by atoms with Crippen molar-refractivity contribution in [1.82, 2.24) is 0 Å². The van der Waals surface area contributed by atoms with Crippen LogP contribution in [-0.2, 0) is 0 Å². The van der Waals surface area contributed by atoms with Gasteiger partial charge in [0.05, 0.1) is 0 Å². The van der Waals surface area contributed by atoms with Crippen LogP contribution in [0.1, 0.15) is 40.0 Å². The van der Waals surface area contributed by atoms with Crippen molar-refractivity contribution in [3.63, 3.8) is 0 Å². The van der Waals surface area contributed by atoms with E-state index in [4.69, 9.17) is 0 Å². The van der Waals surface area contributed by atoms with Crippen molar-refractivity contribution in [1.29, 1.82) is 0 Å². The van der Waals surface area contributed by atoms with Gasteiger partial charge in [-0.3, -0.25) is 0 Å². The lowest BCUT2D eigenvalue weighted by Crippen LogP contribution is -1.92. The van der Waals surface area contributed by atoms with E-state index in [9.17, 15) is 0 Å². The molecule has 62 valence electrons. The van der Waals surface area contributed by atoms with Crippen molar-refractivity contribution >= 4 is 6.71 Å². The fourth-order valence-corrected chi connectivity index (χ4v) is 0.354. The lowest BCUT2D eigenvalue weighted by atomic mass is 9.53. The number of hydrogen-bond donors (Lipinski definition) is 0. The van der Waals surface area contributed by atoms with Gasteiger partial charge in [0.2, 0.25) is 0 Å². The minimum atomic E-state index is 0.884. The molecule has 0 unspecified atom stereocenters. The summed E-state index contributed by atoms with van der Waals surface area (Å²) in [6.07, 6.45) is 5.38. The number of unbranched alkanes of at least 4 members (excludes halogenated alkanes) is 2. The topological polar surface area (TPSA) is 0 Å². The molecule has 0 aliphatic heterocycles. The van der Waals surface area contributed by atoms with Gasteiger partial charge in [0.1, 0.15) is 6.71 Å². The van der Waals surface area contributed by atoms with Gasteiger partial charge >= 0.3 is 0 Å². The summed E-state index contributed by atoms with van der Waals surface area (Å²) in [5.74, 6) is 0. The smallest absolute Gasteiger partial charge is 0.0863 e. The fourth-order valence-electron chi connectivity index (χ4n) is 0.354. The molecule has 1 heteroatoms. The summed E-state index contributed by atoms with van der Waals surface area (Å²) in [5.41, 5.74) is 0. The molecule has 0 spiro atoms. The van der Waals surface area contributed by atoms with Gasteiger partial charge in [-0.25, -0.2) is 0 Å². The Morgan fingerprint density at radius 3 is 1.20 bits per heavy atom. The van der Waals surface area contributed by atoms with E-state index in [1.54, 1.807) is 0 Å². The fraction of sp³-hybridized carbons (Fsp3) is 1.00. The van der Waals surface area contributed by atoms with Crippen LogP contribution in [0.2, 0.25) is 20.0 Å². The molecule has 0 atom stereocenters. The normalized spacial score (nSPS) is 8.10. The van der Waals surface area contributed by atoms with Crippen LogP contribution in [0.15, 0.2) is 0 Å². The van der Waals surface area contributed by atoms with Crippen molar-refractivity contribution in [2.24, 2.45) is 0 Å². The van der Waals surface area contributed by atoms with E-state index in [1.165, 1.54) is 25.6 Å². The van der Waals surface area contributed by atoms with Crippen LogP contribution >= 0.6 is 0 Å². The zero-order chi connectivity index (χ0) is 8.41. The largest absolute Gasteiger partial charge is 0.133 e. The SMILES string of the molecule is CCB(C)C.CCCCC. The molecule has 0 saturated heterocycles. The van der Waals surface area contributed by atoms with E-state index >= 15 is 0 Å². The molecule has 0 N–H and O–H groups in total. The number of hydrogen-bond acceptors (Lipinski definition) is 0. The van der Waals surface area contributed by atoms with E-state index in [0.29, 0.717) is 0 Å². The Kier molecular flexibility index (Phi) is 15.0. The molecule has 0 fully saturated rings.